The first-order valence-corrected chi connectivity index (χ1v) is 10.4. The molecule has 0 heterocycles. The third-order valence-corrected chi connectivity index (χ3v) is 4.83. The molecule has 6 N–H and O–H groups in total. The Morgan fingerprint density at radius 1 is 0.688 bits per heavy atom. The van der Waals surface area contributed by atoms with Crippen molar-refractivity contribution >= 4 is 11.8 Å². The number of carbonyl (C=O) groups is 2. The predicted octanol–water partition coefficient (Wildman–Crippen LogP) is 1.82. The van der Waals surface area contributed by atoms with Crippen LogP contribution in [0.4, 0.5) is 0 Å². The Kier molecular flexibility index (Phi) is 11.6. The average Bonchev–Trinajstić information content (AvgIpc) is 2.77. The van der Waals surface area contributed by atoms with Crippen LogP contribution in [0.25, 0.3) is 0 Å². The zero-order valence-electron chi connectivity index (χ0n) is 18.9. The van der Waals surface area contributed by atoms with Gasteiger partial charge >= 0.3 is 0 Å². The van der Waals surface area contributed by atoms with Crippen molar-refractivity contribution in [3.8, 4) is 0 Å². The molecule has 2 amide bonds. The van der Waals surface area contributed by atoms with Crippen LogP contribution in [0.15, 0.2) is 48.5 Å². The highest BCUT2D eigenvalue weighted by Crippen LogP contribution is 2.24. The van der Waals surface area contributed by atoms with Crippen LogP contribution in [0.3, 0.4) is 0 Å². The molecule has 0 bridgehead atoms. The van der Waals surface area contributed by atoms with Gasteiger partial charge in [0.2, 0.25) is 11.8 Å². The molecule has 0 aliphatic rings. The fourth-order valence-corrected chi connectivity index (χ4v) is 3.38. The molecule has 0 unspecified atom stereocenters. The molecule has 0 saturated heterocycles. The van der Waals surface area contributed by atoms with Crippen molar-refractivity contribution < 1.29 is 30.0 Å². The third kappa shape index (κ3) is 8.39. The van der Waals surface area contributed by atoms with Gasteiger partial charge in [0.1, 0.15) is 12.2 Å². The Labute approximate surface area is 188 Å². The summed E-state index contributed by atoms with van der Waals surface area (Å²) in [7, 11) is 0. The number of aliphatic hydroxyl groups excluding tert-OH is 4. The van der Waals surface area contributed by atoms with E-state index in [4.69, 9.17) is 10.2 Å². The van der Waals surface area contributed by atoms with E-state index >= 15 is 0 Å². The van der Waals surface area contributed by atoms with E-state index < -0.39 is 12.2 Å². The molecule has 0 aliphatic heterocycles. The van der Waals surface area contributed by atoms with Gasteiger partial charge in [-0.05, 0) is 36.1 Å². The molecular weight excluding hydrogens is 412 g/mol. The van der Waals surface area contributed by atoms with Crippen molar-refractivity contribution in [1.29, 1.82) is 0 Å². The van der Waals surface area contributed by atoms with Crippen molar-refractivity contribution in [1.82, 2.24) is 10.6 Å². The highest BCUT2D eigenvalue weighted by molar-refractivity contribution is 5.73. The Bertz CT molecular complexity index is 802. The number of hydrogen-bond donors (Lipinski definition) is 6. The minimum Gasteiger partial charge on any atom is -0.393 e. The van der Waals surface area contributed by atoms with E-state index in [9.17, 15) is 19.8 Å². The second kappa shape index (κ2) is 13.6. The van der Waals surface area contributed by atoms with E-state index in [-0.39, 0.29) is 37.1 Å². The molecule has 0 radical (unpaired) electrons. The highest BCUT2D eigenvalue weighted by atomic mass is 16.3. The normalized spacial score (nSPS) is 14.2. The number of nitrogens with one attached hydrogen (secondary N) is 2. The zero-order chi connectivity index (χ0) is 24.3. The van der Waals surface area contributed by atoms with Gasteiger partial charge in [0.05, 0.1) is 25.3 Å². The van der Waals surface area contributed by atoms with Crippen molar-refractivity contribution in [3.63, 3.8) is 0 Å². The molecule has 8 heteroatoms. The van der Waals surface area contributed by atoms with Gasteiger partial charge in [0, 0.05) is 13.8 Å². The summed E-state index contributed by atoms with van der Waals surface area (Å²) in [6.07, 6.45) is -1.82. The smallest absolute Gasteiger partial charge is 0.217 e. The molecule has 0 aromatic heterocycles. The van der Waals surface area contributed by atoms with Crippen LogP contribution in [-0.2, 0) is 9.59 Å². The number of benzene rings is 2. The van der Waals surface area contributed by atoms with E-state index in [2.05, 4.69) is 10.6 Å². The molecule has 0 aliphatic carbocycles. The van der Waals surface area contributed by atoms with Gasteiger partial charge in [0.25, 0.3) is 0 Å². The summed E-state index contributed by atoms with van der Waals surface area (Å²) in [5.41, 5.74) is 2.93. The lowest BCUT2D eigenvalue weighted by Crippen LogP contribution is -2.25. The Morgan fingerprint density at radius 2 is 0.969 bits per heavy atom. The summed E-state index contributed by atoms with van der Waals surface area (Å²) >= 11 is 0. The Balaban J connectivity index is 0.000000320. The quantitative estimate of drug-likeness (QED) is 0.366. The molecule has 32 heavy (non-hydrogen) atoms. The van der Waals surface area contributed by atoms with Crippen LogP contribution in [-0.4, -0.2) is 45.5 Å². The first kappa shape index (κ1) is 27.3. The lowest BCUT2D eigenvalue weighted by atomic mass is 9.97. The standard InChI is InChI=1S/2C12H17NO3/c2*1-8(13-9(2)15)10-5-3-4-6-11(10)12(16)7-14/h2*3-6,8,12,14,16H,7H2,1-2H3,(H,13,15)/t8-,12+;8-,12-/m00/s1. The summed E-state index contributed by atoms with van der Waals surface area (Å²) in [4.78, 5) is 21.9. The maximum absolute atomic E-state index is 11.0. The molecule has 0 spiro atoms. The number of amides is 2. The van der Waals surface area contributed by atoms with Gasteiger partial charge in [0.15, 0.2) is 0 Å². The molecule has 2 rings (SSSR count). The van der Waals surface area contributed by atoms with Gasteiger partial charge in [-0.3, -0.25) is 9.59 Å². The van der Waals surface area contributed by atoms with Gasteiger partial charge in [-0.1, -0.05) is 48.5 Å². The van der Waals surface area contributed by atoms with Gasteiger partial charge in [-0.25, -0.2) is 0 Å². The van der Waals surface area contributed by atoms with Crippen LogP contribution in [0.1, 0.15) is 74.2 Å². The highest BCUT2D eigenvalue weighted by Gasteiger charge is 2.17. The van der Waals surface area contributed by atoms with E-state index in [0.29, 0.717) is 11.1 Å². The molecule has 2 aromatic rings. The molecule has 0 fully saturated rings. The van der Waals surface area contributed by atoms with Crippen LogP contribution in [0, 0.1) is 0 Å². The summed E-state index contributed by atoms with van der Waals surface area (Å²) < 4.78 is 0. The van der Waals surface area contributed by atoms with Crippen molar-refractivity contribution in [2.75, 3.05) is 13.2 Å². The van der Waals surface area contributed by atoms with Crippen LogP contribution in [0.5, 0.6) is 0 Å². The lowest BCUT2D eigenvalue weighted by Gasteiger charge is -2.19. The van der Waals surface area contributed by atoms with Crippen molar-refractivity contribution in [2.45, 2.75) is 52.0 Å². The van der Waals surface area contributed by atoms with Crippen LogP contribution in [0.2, 0.25) is 0 Å². The zero-order valence-corrected chi connectivity index (χ0v) is 18.9. The number of carbonyl (C=O) groups excluding carboxylic acids is 2. The second-order valence-corrected chi connectivity index (χ2v) is 7.50. The van der Waals surface area contributed by atoms with Crippen molar-refractivity contribution in [2.24, 2.45) is 0 Å². The largest absolute Gasteiger partial charge is 0.393 e. The SMILES string of the molecule is CC(=O)N[C@@H](C)c1ccccc1[C@@H](O)CO.CC(=O)N[C@@H](C)c1ccccc1[C@H](O)CO. The van der Waals surface area contributed by atoms with Gasteiger partial charge < -0.3 is 31.1 Å². The monoisotopic (exact) mass is 446 g/mol. The van der Waals surface area contributed by atoms with Gasteiger partial charge in [-0.15, -0.1) is 0 Å². The summed E-state index contributed by atoms with van der Waals surface area (Å²) in [6.45, 7) is 5.91. The van der Waals surface area contributed by atoms with Crippen molar-refractivity contribution in [3.05, 3.63) is 70.8 Å². The minimum atomic E-state index is -0.910. The second-order valence-electron chi connectivity index (χ2n) is 7.50. The Morgan fingerprint density at radius 3 is 1.22 bits per heavy atom. The Hall–Kier alpha value is -2.78. The lowest BCUT2D eigenvalue weighted by molar-refractivity contribution is -0.120. The van der Waals surface area contributed by atoms with Gasteiger partial charge in [-0.2, -0.15) is 0 Å². The number of aliphatic hydroxyl groups is 4. The summed E-state index contributed by atoms with van der Waals surface area (Å²) in [6, 6.07) is 14.0. The average molecular weight is 447 g/mol. The first-order valence-electron chi connectivity index (χ1n) is 10.4. The van der Waals surface area contributed by atoms with E-state index in [1.807, 2.05) is 38.1 Å². The van der Waals surface area contributed by atoms with E-state index in [1.165, 1.54) is 13.8 Å². The molecule has 4 atom stereocenters. The molecule has 176 valence electrons. The first-order chi connectivity index (χ1) is 15.1. The molecular formula is C24H34N2O6. The number of hydrogen-bond acceptors (Lipinski definition) is 6. The number of rotatable bonds is 8. The van der Waals surface area contributed by atoms with E-state index in [1.54, 1.807) is 24.3 Å². The maximum Gasteiger partial charge on any atom is 0.217 e. The molecule has 8 nitrogen and oxygen atoms in total. The van der Waals surface area contributed by atoms with Crippen LogP contribution < -0.4 is 10.6 Å². The fraction of sp³-hybridized carbons (Fsp3) is 0.417. The maximum atomic E-state index is 11.0. The molecule has 2 aromatic carbocycles. The predicted molar refractivity (Wildman–Crippen MR) is 121 cm³/mol. The molecule has 0 saturated carbocycles. The van der Waals surface area contributed by atoms with E-state index in [0.717, 1.165) is 11.1 Å². The third-order valence-electron chi connectivity index (χ3n) is 4.83. The van der Waals surface area contributed by atoms with Crippen LogP contribution >= 0.6 is 0 Å². The summed E-state index contributed by atoms with van der Waals surface area (Å²) in [5.74, 6) is -0.249. The minimum absolute atomic E-state index is 0.124. The fourth-order valence-electron chi connectivity index (χ4n) is 3.38. The topological polar surface area (TPSA) is 139 Å². The summed E-state index contributed by atoms with van der Waals surface area (Å²) in [5, 5.41) is 42.6.